The maximum atomic E-state index is 14.1. The van der Waals surface area contributed by atoms with Gasteiger partial charge in [-0.25, -0.2) is 17.2 Å². The van der Waals surface area contributed by atoms with Gasteiger partial charge in [0.2, 0.25) is 10.0 Å². The summed E-state index contributed by atoms with van der Waals surface area (Å²) in [6, 6.07) is 10.5. The van der Waals surface area contributed by atoms with Crippen LogP contribution in [0.3, 0.4) is 0 Å². The first-order valence-corrected chi connectivity index (χ1v) is 9.49. The molecule has 4 nitrogen and oxygen atoms in total. The van der Waals surface area contributed by atoms with Crippen molar-refractivity contribution in [2.75, 3.05) is 25.5 Å². The van der Waals surface area contributed by atoms with Gasteiger partial charge in [0.15, 0.2) is 11.6 Å². The Labute approximate surface area is 146 Å². The Hall–Kier alpha value is -1.99. The second-order valence-corrected chi connectivity index (χ2v) is 8.17. The Morgan fingerprint density at radius 2 is 1.84 bits per heavy atom. The van der Waals surface area contributed by atoms with Crippen LogP contribution in [0.5, 0.6) is 0 Å². The lowest BCUT2D eigenvalue weighted by molar-refractivity contribution is 0.391. The minimum Gasteiger partial charge on any atom is -0.378 e. The molecule has 0 amide bonds. The van der Waals surface area contributed by atoms with Gasteiger partial charge in [-0.05, 0) is 42.7 Å². The van der Waals surface area contributed by atoms with Crippen molar-refractivity contribution in [2.45, 2.75) is 23.8 Å². The molecule has 0 spiro atoms. The van der Waals surface area contributed by atoms with Gasteiger partial charge in [-0.3, -0.25) is 0 Å². The first kappa shape index (κ1) is 17.8. The zero-order valence-corrected chi connectivity index (χ0v) is 14.9. The van der Waals surface area contributed by atoms with E-state index in [1.165, 1.54) is 10.4 Å². The molecule has 1 aliphatic rings. The fraction of sp³-hybridized carbons (Fsp3) is 0.333. The summed E-state index contributed by atoms with van der Waals surface area (Å²) in [7, 11) is -0.303. The highest BCUT2D eigenvalue weighted by molar-refractivity contribution is 7.89. The molecule has 0 radical (unpaired) electrons. The van der Waals surface area contributed by atoms with Crippen molar-refractivity contribution in [1.29, 1.82) is 0 Å². The summed E-state index contributed by atoms with van der Waals surface area (Å²) in [5.41, 5.74) is 1.81. The van der Waals surface area contributed by atoms with Gasteiger partial charge < -0.3 is 4.90 Å². The molecule has 0 bridgehead atoms. The lowest BCUT2D eigenvalue weighted by Gasteiger charge is -2.25. The van der Waals surface area contributed by atoms with Crippen LogP contribution in [0, 0.1) is 11.6 Å². The van der Waals surface area contributed by atoms with E-state index < -0.39 is 26.6 Å². The van der Waals surface area contributed by atoms with Crippen molar-refractivity contribution < 1.29 is 17.2 Å². The Bertz CT molecular complexity index is 884. The van der Waals surface area contributed by atoms with E-state index in [9.17, 15) is 17.2 Å². The molecule has 0 N–H and O–H groups in total. The predicted molar refractivity (Wildman–Crippen MR) is 93.0 cm³/mol. The number of anilines is 1. The molecule has 1 heterocycles. The van der Waals surface area contributed by atoms with Gasteiger partial charge in [0.25, 0.3) is 0 Å². The van der Waals surface area contributed by atoms with Crippen molar-refractivity contribution >= 4 is 15.7 Å². The third kappa shape index (κ3) is 3.26. The molecule has 7 heteroatoms. The molecule has 134 valence electrons. The van der Waals surface area contributed by atoms with Crippen LogP contribution in [0.25, 0.3) is 0 Å². The summed E-state index contributed by atoms with van der Waals surface area (Å²) in [4.78, 5) is 1.33. The molecule has 0 aromatic heterocycles. The summed E-state index contributed by atoms with van der Waals surface area (Å²) in [6.45, 7) is 0.287. The topological polar surface area (TPSA) is 40.6 Å². The third-order valence-electron chi connectivity index (χ3n) is 4.48. The number of hydrogen-bond donors (Lipinski definition) is 0. The summed E-state index contributed by atoms with van der Waals surface area (Å²) in [6.07, 6.45) is 1.32. The van der Waals surface area contributed by atoms with Crippen molar-refractivity contribution in [3.05, 3.63) is 59.7 Å². The molecule has 2 aromatic carbocycles. The van der Waals surface area contributed by atoms with Crippen LogP contribution in [0.4, 0.5) is 14.5 Å². The average molecular weight is 366 g/mol. The van der Waals surface area contributed by atoms with Crippen LogP contribution in [-0.4, -0.2) is 33.4 Å². The highest BCUT2D eigenvalue weighted by Gasteiger charge is 2.38. The van der Waals surface area contributed by atoms with E-state index in [0.717, 1.165) is 23.4 Å². The lowest BCUT2D eigenvalue weighted by atomic mass is 10.0. The first-order chi connectivity index (χ1) is 11.8. The largest absolute Gasteiger partial charge is 0.378 e. The highest BCUT2D eigenvalue weighted by Crippen LogP contribution is 2.38. The van der Waals surface area contributed by atoms with E-state index in [1.54, 1.807) is 0 Å². The number of hydrogen-bond acceptors (Lipinski definition) is 3. The fourth-order valence-corrected chi connectivity index (χ4v) is 4.94. The Morgan fingerprint density at radius 1 is 1.12 bits per heavy atom. The van der Waals surface area contributed by atoms with Crippen molar-refractivity contribution in [2.24, 2.45) is 0 Å². The van der Waals surface area contributed by atoms with Gasteiger partial charge in [-0.15, -0.1) is 0 Å². The van der Waals surface area contributed by atoms with Crippen molar-refractivity contribution in [3.63, 3.8) is 0 Å². The second-order valence-electron chi connectivity index (χ2n) is 6.32. The summed E-state index contributed by atoms with van der Waals surface area (Å²) >= 11 is 0. The van der Waals surface area contributed by atoms with E-state index in [0.29, 0.717) is 12.8 Å². The van der Waals surface area contributed by atoms with Crippen LogP contribution in [-0.2, 0) is 10.0 Å². The van der Waals surface area contributed by atoms with E-state index in [1.807, 2.05) is 43.3 Å². The Morgan fingerprint density at radius 3 is 2.56 bits per heavy atom. The third-order valence-corrected chi connectivity index (χ3v) is 6.40. The molecule has 1 aliphatic heterocycles. The maximum Gasteiger partial charge on any atom is 0.246 e. The monoisotopic (exact) mass is 366 g/mol. The van der Waals surface area contributed by atoms with Gasteiger partial charge in [-0.1, -0.05) is 18.2 Å². The van der Waals surface area contributed by atoms with Gasteiger partial charge in [0.1, 0.15) is 4.90 Å². The average Bonchev–Trinajstić information content (AvgIpc) is 3.08. The first-order valence-electron chi connectivity index (χ1n) is 8.05. The van der Waals surface area contributed by atoms with Crippen molar-refractivity contribution in [1.82, 2.24) is 4.31 Å². The van der Waals surface area contributed by atoms with Gasteiger partial charge in [0.05, 0.1) is 6.04 Å². The molecular formula is C18H20F2N2O2S. The smallest absolute Gasteiger partial charge is 0.246 e. The van der Waals surface area contributed by atoms with Crippen LogP contribution in [0.1, 0.15) is 24.4 Å². The number of sulfonamides is 1. The minimum atomic E-state index is -4.12. The molecule has 0 saturated carbocycles. The van der Waals surface area contributed by atoms with Crippen LogP contribution in [0.2, 0.25) is 0 Å². The van der Waals surface area contributed by atoms with Crippen molar-refractivity contribution in [3.8, 4) is 0 Å². The molecule has 25 heavy (non-hydrogen) atoms. The molecule has 2 aromatic rings. The molecule has 1 atom stereocenters. The number of nitrogens with zero attached hydrogens (tertiary/aromatic N) is 2. The minimum absolute atomic E-state index is 0.287. The van der Waals surface area contributed by atoms with Crippen LogP contribution < -0.4 is 4.90 Å². The van der Waals surface area contributed by atoms with Gasteiger partial charge >= 0.3 is 0 Å². The van der Waals surface area contributed by atoms with E-state index in [4.69, 9.17) is 0 Å². The number of benzene rings is 2. The Balaban J connectivity index is 2.01. The van der Waals surface area contributed by atoms with E-state index in [2.05, 4.69) is 0 Å². The van der Waals surface area contributed by atoms with E-state index in [-0.39, 0.29) is 12.6 Å². The highest BCUT2D eigenvalue weighted by atomic mass is 32.2. The summed E-state index contributed by atoms with van der Waals surface area (Å²) in [5.74, 6) is -2.48. The number of rotatable bonds is 4. The SMILES string of the molecule is CN(C)c1cccc(C2CCCN2S(=O)(=O)c2cccc(F)c2F)c1. The second kappa shape index (κ2) is 6.72. The van der Waals surface area contributed by atoms with Crippen LogP contribution >= 0.6 is 0 Å². The zero-order chi connectivity index (χ0) is 18.2. The predicted octanol–water partition coefficient (Wildman–Crippen LogP) is 3.56. The lowest BCUT2D eigenvalue weighted by Crippen LogP contribution is -2.31. The quantitative estimate of drug-likeness (QED) is 0.831. The molecular weight excluding hydrogens is 346 g/mol. The summed E-state index contributed by atoms with van der Waals surface area (Å²) in [5, 5.41) is 0. The zero-order valence-electron chi connectivity index (χ0n) is 14.1. The number of halogens is 2. The normalized spacial score (nSPS) is 18.5. The van der Waals surface area contributed by atoms with Crippen LogP contribution in [0.15, 0.2) is 47.4 Å². The van der Waals surface area contributed by atoms with Gasteiger partial charge in [-0.2, -0.15) is 4.31 Å². The molecule has 1 fully saturated rings. The van der Waals surface area contributed by atoms with Gasteiger partial charge in [0, 0.05) is 26.3 Å². The molecule has 1 unspecified atom stereocenters. The maximum absolute atomic E-state index is 14.1. The molecule has 0 aliphatic carbocycles. The Kier molecular flexibility index (Phi) is 4.79. The molecule has 3 rings (SSSR count). The molecule has 1 saturated heterocycles. The fourth-order valence-electron chi connectivity index (χ4n) is 3.18. The van der Waals surface area contributed by atoms with E-state index >= 15 is 0 Å². The standard InChI is InChI=1S/C18H20F2N2O2S/c1-21(2)14-7-3-6-13(12-14)16-9-5-11-22(16)25(23,24)17-10-4-8-15(19)18(17)20/h3-4,6-8,10,12,16H,5,9,11H2,1-2H3. The summed E-state index contributed by atoms with van der Waals surface area (Å²) < 4.78 is 54.7.